The number of aliphatic hydroxyl groups excluding tert-OH is 1. The van der Waals surface area contributed by atoms with Gasteiger partial charge in [0.1, 0.15) is 0 Å². The molecule has 0 aliphatic rings. The average Bonchev–Trinajstić information content (AvgIpc) is 2.13. The summed E-state index contributed by atoms with van der Waals surface area (Å²) in [5, 5.41) is 14.1. The van der Waals surface area contributed by atoms with Gasteiger partial charge in [0.25, 0.3) is 0 Å². The summed E-state index contributed by atoms with van der Waals surface area (Å²) in [5.74, 6) is 0. The normalized spacial score (nSPS) is 14.6. The highest BCUT2D eigenvalue weighted by molar-refractivity contribution is 7.89. The molecule has 0 saturated carbocycles. The molecular formula is C10H12F3NO3S. The van der Waals surface area contributed by atoms with Crippen LogP contribution in [0.15, 0.2) is 23.1 Å². The Labute approximate surface area is 102 Å². The fourth-order valence-electron chi connectivity index (χ4n) is 1.51. The first-order valence-electron chi connectivity index (χ1n) is 4.93. The number of primary sulfonamides is 1. The van der Waals surface area contributed by atoms with Crippen LogP contribution in [0, 0.1) is 0 Å². The van der Waals surface area contributed by atoms with E-state index in [1.807, 2.05) is 0 Å². The van der Waals surface area contributed by atoms with Crippen LogP contribution in [0.2, 0.25) is 0 Å². The highest BCUT2D eigenvalue weighted by Gasteiger charge is 2.31. The van der Waals surface area contributed by atoms with Crippen LogP contribution >= 0.6 is 0 Å². The Bertz CT molecular complexity index is 538. The van der Waals surface area contributed by atoms with E-state index in [-0.39, 0.29) is 12.0 Å². The van der Waals surface area contributed by atoms with Gasteiger partial charge in [-0.3, -0.25) is 0 Å². The molecule has 1 aromatic rings. The summed E-state index contributed by atoms with van der Waals surface area (Å²) in [4.78, 5) is -0.406. The lowest BCUT2D eigenvalue weighted by atomic mass is 10.1. The summed E-state index contributed by atoms with van der Waals surface area (Å²) in [6.07, 6.45) is -5.78. The highest BCUT2D eigenvalue weighted by Crippen LogP contribution is 2.31. The van der Waals surface area contributed by atoms with Gasteiger partial charge in [0.2, 0.25) is 10.0 Å². The maximum atomic E-state index is 12.5. The molecule has 0 amide bonds. The molecule has 0 aliphatic heterocycles. The van der Waals surface area contributed by atoms with E-state index < -0.39 is 32.8 Å². The monoisotopic (exact) mass is 283 g/mol. The summed E-state index contributed by atoms with van der Waals surface area (Å²) in [6, 6.07) is 2.13. The molecule has 1 atom stereocenters. The second-order valence-corrected chi connectivity index (χ2v) is 5.45. The molecule has 4 nitrogen and oxygen atoms in total. The zero-order chi connectivity index (χ0) is 14.1. The number of benzene rings is 1. The minimum Gasteiger partial charge on any atom is -0.393 e. The molecule has 0 saturated heterocycles. The Morgan fingerprint density at radius 3 is 2.33 bits per heavy atom. The van der Waals surface area contributed by atoms with Gasteiger partial charge in [-0.1, -0.05) is 0 Å². The Morgan fingerprint density at radius 1 is 1.39 bits per heavy atom. The molecule has 0 aliphatic carbocycles. The summed E-state index contributed by atoms with van der Waals surface area (Å²) >= 11 is 0. The first-order chi connectivity index (χ1) is 8.01. The molecule has 0 fully saturated rings. The van der Waals surface area contributed by atoms with Crippen molar-refractivity contribution in [2.45, 2.75) is 30.5 Å². The Hall–Kier alpha value is -1.12. The van der Waals surface area contributed by atoms with Gasteiger partial charge in [-0.25, -0.2) is 13.6 Å². The van der Waals surface area contributed by atoms with Crippen LogP contribution in [0.3, 0.4) is 0 Å². The average molecular weight is 283 g/mol. The zero-order valence-electron chi connectivity index (χ0n) is 9.40. The van der Waals surface area contributed by atoms with Gasteiger partial charge in [-0.05, 0) is 37.1 Å². The number of hydrogen-bond donors (Lipinski definition) is 2. The van der Waals surface area contributed by atoms with Gasteiger partial charge in [0, 0.05) is 0 Å². The molecule has 0 aromatic heterocycles. The van der Waals surface area contributed by atoms with Crippen LogP contribution in [0.1, 0.15) is 18.1 Å². The van der Waals surface area contributed by atoms with Crippen molar-refractivity contribution in [1.29, 1.82) is 0 Å². The minimum atomic E-state index is -4.58. The van der Waals surface area contributed by atoms with E-state index >= 15 is 0 Å². The van der Waals surface area contributed by atoms with Crippen molar-refractivity contribution in [3.05, 3.63) is 29.3 Å². The molecule has 1 aromatic carbocycles. The zero-order valence-corrected chi connectivity index (χ0v) is 10.2. The first-order valence-corrected chi connectivity index (χ1v) is 6.47. The van der Waals surface area contributed by atoms with Crippen molar-refractivity contribution in [2.75, 3.05) is 0 Å². The van der Waals surface area contributed by atoms with Crippen LogP contribution < -0.4 is 5.14 Å². The molecule has 1 rings (SSSR count). The van der Waals surface area contributed by atoms with Crippen LogP contribution in [0.4, 0.5) is 13.2 Å². The van der Waals surface area contributed by atoms with E-state index in [1.165, 1.54) is 6.92 Å². The topological polar surface area (TPSA) is 80.4 Å². The number of hydrogen-bond acceptors (Lipinski definition) is 3. The van der Waals surface area contributed by atoms with E-state index in [0.717, 1.165) is 6.07 Å². The molecular weight excluding hydrogens is 271 g/mol. The standard InChI is InChI=1S/C10H12F3NO3S/c1-6(15)4-7-5-8(10(11,12)13)2-3-9(7)18(14,16)17/h2-3,5-6,15H,4H2,1H3,(H2,14,16,17)/t6-/m0/s1. The molecule has 3 N–H and O–H groups in total. The number of rotatable bonds is 3. The second kappa shape index (κ2) is 4.87. The molecule has 0 spiro atoms. The second-order valence-electron chi connectivity index (χ2n) is 3.92. The van der Waals surface area contributed by atoms with Gasteiger partial charge < -0.3 is 5.11 Å². The van der Waals surface area contributed by atoms with Crippen molar-refractivity contribution in [3.8, 4) is 0 Å². The van der Waals surface area contributed by atoms with Crippen LogP contribution in [-0.4, -0.2) is 19.6 Å². The minimum absolute atomic E-state index is 0.151. The lowest BCUT2D eigenvalue weighted by molar-refractivity contribution is -0.137. The van der Waals surface area contributed by atoms with Crippen molar-refractivity contribution in [2.24, 2.45) is 5.14 Å². The smallest absolute Gasteiger partial charge is 0.393 e. The fraction of sp³-hybridized carbons (Fsp3) is 0.400. The molecule has 8 heteroatoms. The van der Waals surface area contributed by atoms with Gasteiger partial charge in [0.15, 0.2) is 0 Å². The molecule has 0 bridgehead atoms. The summed E-state index contributed by atoms with van der Waals surface area (Å²) in [6.45, 7) is 1.34. The number of nitrogens with two attached hydrogens (primary N) is 1. The van der Waals surface area contributed by atoms with E-state index in [0.29, 0.717) is 12.1 Å². The van der Waals surface area contributed by atoms with E-state index in [9.17, 15) is 26.7 Å². The fourth-order valence-corrected chi connectivity index (χ4v) is 2.28. The van der Waals surface area contributed by atoms with E-state index in [2.05, 4.69) is 0 Å². The summed E-state index contributed by atoms with van der Waals surface area (Å²) < 4.78 is 59.9. The lowest BCUT2D eigenvalue weighted by Gasteiger charge is -2.13. The third kappa shape index (κ3) is 3.69. The maximum absolute atomic E-state index is 12.5. The SMILES string of the molecule is C[C@H](O)Cc1cc(C(F)(F)F)ccc1S(N)(=O)=O. The summed E-state index contributed by atoms with van der Waals surface area (Å²) in [5.41, 5.74) is -1.13. The van der Waals surface area contributed by atoms with Crippen molar-refractivity contribution < 1.29 is 26.7 Å². The number of halogens is 3. The first kappa shape index (κ1) is 14.9. The largest absolute Gasteiger partial charge is 0.416 e. The predicted octanol–water partition coefficient (Wildman–Crippen LogP) is 1.28. The van der Waals surface area contributed by atoms with E-state index in [1.54, 1.807) is 0 Å². The highest BCUT2D eigenvalue weighted by atomic mass is 32.2. The van der Waals surface area contributed by atoms with Crippen molar-refractivity contribution >= 4 is 10.0 Å². The quantitative estimate of drug-likeness (QED) is 0.876. The predicted molar refractivity (Wildman–Crippen MR) is 58.2 cm³/mol. The van der Waals surface area contributed by atoms with Crippen LogP contribution in [0.5, 0.6) is 0 Å². The van der Waals surface area contributed by atoms with Gasteiger partial charge in [-0.15, -0.1) is 0 Å². The van der Waals surface area contributed by atoms with Crippen LogP contribution in [0.25, 0.3) is 0 Å². The van der Waals surface area contributed by atoms with Crippen LogP contribution in [-0.2, 0) is 22.6 Å². The lowest BCUT2D eigenvalue weighted by Crippen LogP contribution is -2.18. The Kier molecular flexibility index (Phi) is 4.04. The number of alkyl halides is 3. The van der Waals surface area contributed by atoms with Gasteiger partial charge >= 0.3 is 6.18 Å². The summed E-state index contributed by atoms with van der Waals surface area (Å²) in [7, 11) is -4.12. The Morgan fingerprint density at radius 2 is 1.94 bits per heavy atom. The van der Waals surface area contributed by atoms with Crippen molar-refractivity contribution in [3.63, 3.8) is 0 Å². The molecule has 18 heavy (non-hydrogen) atoms. The molecule has 0 radical (unpaired) electrons. The number of sulfonamides is 1. The van der Waals surface area contributed by atoms with Gasteiger partial charge in [0.05, 0.1) is 16.6 Å². The van der Waals surface area contributed by atoms with Crippen molar-refractivity contribution in [1.82, 2.24) is 0 Å². The maximum Gasteiger partial charge on any atom is 0.416 e. The third-order valence-electron chi connectivity index (χ3n) is 2.21. The Balaban J connectivity index is 3.39. The third-order valence-corrected chi connectivity index (χ3v) is 3.22. The van der Waals surface area contributed by atoms with E-state index in [4.69, 9.17) is 5.14 Å². The molecule has 0 unspecified atom stereocenters. The van der Waals surface area contributed by atoms with Gasteiger partial charge in [-0.2, -0.15) is 13.2 Å². The molecule has 0 heterocycles. The molecule has 102 valence electrons. The number of aliphatic hydroxyl groups is 1.